The summed E-state index contributed by atoms with van der Waals surface area (Å²) in [7, 11) is 0. The lowest BCUT2D eigenvalue weighted by atomic mass is 9.91. The zero-order valence-electron chi connectivity index (χ0n) is 11.5. The fourth-order valence-corrected chi connectivity index (χ4v) is 3.42. The van der Waals surface area contributed by atoms with Crippen molar-refractivity contribution in [2.24, 2.45) is 17.6 Å². The van der Waals surface area contributed by atoms with Crippen LogP contribution in [0.1, 0.15) is 43.7 Å². The summed E-state index contributed by atoms with van der Waals surface area (Å²) in [6.07, 6.45) is 6.18. The van der Waals surface area contributed by atoms with E-state index < -0.39 is 0 Å². The van der Waals surface area contributed by atoms with Crippen LogP contribution in [0, 0.1) is 18.8 Å². The molecule has 0 aliphatic heterocycles. The van der Waals surface area contributed by atoms with E-state index in [2.05, 4.69) is 26.0 Å². The van der Waals surface area contributed by atoms with Gasteiger partial charge in [0.2, 0.25) is 0 Å². The monoisotopic (exact) mass is 265 g/mol. The second-order valence-corrected chi connectivity index (χ2v) is 6.22. The lowest BCUT2D eigenvalue weighted by Gasteiger charge is -2.20. The van der Waals surface area contributed by atoms with Crippen LogP contribution in [0.3, 0.4) is 0 Å². The first-order valence-corrected chi connectivity index (χ1v) is 7.48. The van der Waals surface area contributed by atoms with Crippen LogP contribution in [0.5, 0.6) is 0 Å². The zero-order valence-corrected chi connectivity index (χ0v) is 12.2. The SMILES string of the molecule is CCC1CCC(C(N)Cc2ccc(C)cc2Cl)C1. The Morgan fingerprint density at radius 1 is 1.39 bits per heavy atom. The van der Waals surface area contributed by atoms with E-state index in [9.17, 15) is 0 Å². The summed E-state index contributed by atoms with van der Waals surface area (Å²) < 4.78 is 0. The Balaban J connectivity index is 1.97. The fourth-order valence-electron chi connectivity index (χ4n) is 3.11. The van der Waals surface area contributed by atoms with Gasteiger partial charge in [-0.1, -0.05) is 43.5 Å². The number of halogens is 1. The van der Waals surface area contributed by atoms with Crippen LogP contribution in [0.2, 0.25) is 5.02 Å². The average molecular weight is 266 g/mol. The summed E-state index contributed by atoms with van der Waals surface area (Å²) in [5.41, 5.74) is 8.79. The minimum absolute atomic E-state index is 0.266. The van der Waals surface area contributed by atoms with Gasteiger partial charge in [0, 0.05) is 11.1 Å². The first-order valence-electron chi connectivity index (χ1n) is 7.10. The average Bonchev–Trinajstić information content (AvgIpc) is 2.81. The maximum atomic E-state index is 6.38. The Labute approximate surface area is 116 Å². The molecule has 2 heteroatoms. The number of aryl methyl sites for hydroxylation is 1. The Kier molecular flexibility index (Phi) is 4.69. The van der Waals surface area contributed by atoms with Gasteiger partial charge in [-0.15, -0.1) is 0 Å². The van der Waals surface area contributed by atoms with Crippen LogP contribution < -0.4 is 5.73 Å². The van der Waals surface area contributed by atoms with Crippen molar-refractivity contribution in [3.05, 3.63) is 34.3 Å². The van der Waals surface area contributed by atoms with Gasteiger partial charge in [-0.2, -0.15) is 0 Å². The third kappa shape index (κ3) is 3.27. The number of hydrogen-bond acceptors (Lipinski definition) is 1. The molecule has 0 heterocycles. The Morgan fingerprint density at radius 2 is 2.17 bits per heavy atom. The molecule has 0 spiro atoms. The van der Waals surface area contributed by atoms with Crippen LogP contribution >= 0.6 is 11.6 Å². The highest BCUT2D eigenvalue weighted by atomic mass is 35.5. The highest BCUT2D eigenvalue weighted by Gasteiger charge is 2.28. The summed E-state index contributed by atoms with van der Waals surface area (Å²) in [5.74, 6) is 1.59. The molecule has 100 valence electrons. The predicted molar refractivity (Wildman–Crippen MR) is 79.0 cm³/mol. The molecule has 1 saturated carbocycles. The van der Waals surface area contributed by atoms with Crippen molar-refractivity contribution < 1.29 is 0 Å². The van der Waals surface area contributed by atoms with E-state index in [0.717, 1.165) is 17.4 Å². The smallest absolute Gasteiger partial charge is 0.0441 e. The first-order chi connectivity index (χ1) is 8.60. The van der Waals surface area contributed by atoms with Gasteiger partial charge in [-0.3, -0.25) is 0 Å². The summed E-state index contributed by atoms with van der Waals surface area (Å²) in [4.78, 5) is 0. The molecule has 1 aromatic rings. The summed E-state index contributed by atoms with van der Waals surface area (Å²) in [5, 5.41) is 0.871. The normalized spacial score (nSPS) is 25.3. The molecule has 18 heavy (non-hydrogen) atoms. The molecule has 2 N–H and O–H groups in total. The van der Waals surface area contributed by atoms with E-state index >= 15 is 0 Å². The molecule has 1 aromatic carbocycles. The molecule has 1 aliphatic carbocycles. The van der Waals surface area contributed by atoms with E-state index in [4.69, 9.17) is 17.3 Å². The molecular weight excluding hydrogens is 242 g/mol. The molecule has 3 atom stereocenters. The van der Waals surface area contributed by atoms with Gasteiger partial charge in [-0.25, -0.2) is 0 Å². The van der Waals surface area contributed by atoms with Gasteiger partial charge >= 0.3 is 0 Å². The van der Waals surface area contributed by atoms with E-state index in [1.165, 1.54) is 36.8 Å². The maximum Gasteiger partial charge on any atom is 0.0441 e. The second-order valence-electron chi connectivity index (χ2n) is 5.81. The highest BCUT2D eigenvalue weighted by molar-refractivity contribution is 6.31. The highest BCUT2D eigenvalue weighted by Crippen LogP contribution is 2.35. The van der Waals surface area contributed by atoms with Crippen LogP contribution in [-0.4, -0.2) is 6.04 Å². The maximum absolute atomic E-state index is 6.38. The minimum Gasteiger partial charge on any atom is -0.327 e. The van der Waals surface area contributed by atoms with Crippen molar-refractivity contribution in [2.45, 2.75) is 52.0 Å². The lowest BCUT2D eigenvalue weighted by molar-refractivity contribution is 0.405. The first kappa shape index (κ1) is 13.9. The van der Waals surface area contributed by atoms with Crippen molar-refractivity contribution in [1.29, 1.82) is 0 Å². The van der Waals surface area contributed by atoms with Gasteiger partial charge < -0.3 is 5.73 Å². The second kappa shape index (κ2) is 6.08. The Hall–Kier alpha value is -0.530. The molecule has 0 radical (unpaired) electrons. The number of rotatable bonds is 4. The Bertz CT molecular complexity index is 402. The molecule has 0 saturated heterocycles. The quantitative estimate of drug-likeness (QED) is 0.861. The molecule has 0 bridgehead atoms. The molecule has 2 rings (SSSR count). The van der Waals surface area contributed by atoms with Gasteiger partial charge in [0.1, 0.15) is 0 Å². The molecular formula is C16H24ClN. The third-order valence-electron chi connectivity index (χ3n) is 4.43. The van der Waals surface area contributed by atoms with Crippen molar-refractivity contribution in [2.75, 3.05) is 0 Å². The lowest BCUT2D eigenvalue weighted by Crippen LogP contribution is -2.31. The van der Waals surface area contributed by atoms with Crippen molar-refractivity contribution in [1.82, 2.24) is 0 Å². The molecule has 1 aliphatic rings. The third-order valence-corrected chi connectivity index (χ3v) is 4.78. The standard InChI is InChI=1S/C16H24ClN/c1-3-12-5-7-14(9-12)16(18)10-13-6-4-11(2)8-15(13)17/h4,6,8,12,14,16H,3,5,7,9-10,18H2,1-2H3. The summed E-state index contributed by atoms with van der Waals surface area (Å²) in [6, 6.07) is 6.55. The van der Waals surface area contributed by atoms with Gasteiger partial charge in [0.05, 0.1) is 0 Å². The van der Waals surface area contributed by atoms with Gasteiger partial charge in [-0.05, 0) is 55.2 Å². The van der Waals surface area contributed by atoms with Crippen molar-refractivity contribution in [3.8, 4) is 0 Å². The van der Waals surface area contributed by atoms with Crippen LogP contribution in [0.4, 0.5) is 0 Å². The summed E-state index contributed by atoms with van der Waals surface area (Å²) in [6.45, 7) is 4.35. The zero-order chi connectivity index (χ0) is 13.1. The topological polar surface area (TPSA) is 26.0 Å². The molecule has 3 unspecified atom stereocenters. The predicted octanol–water partition coefficient (Wildman–Crippen LogP) is 4.34. The summed E-state index contributed by atoms with van der Waals surface area (Å²) >= 11 is 6.28. The van der Waals surface area contributed by atoms with Gasteiger partial charge in [0.25, 0.3) is 0 Å². The number of hydrogen-bond donors (Lipinski definition) is 1. The number of nitrogens with two attached hydrogens (primary N) is 1. The largest absolute Gasteiger partial charge is 0.327 e. The van der Waals surface area contributed by atoms with E-state index in [1.807, 2.05) is 6.07 Å². The number of benzene rings is 1. The van der Waals surface area contributed by atoms with Crippen LogP contribution in [-0.2, 0) is 6.42 Å². The molecule has 1 nitrogen and oxygen atoms in total. The minimum atomic E-state index is 0.266. The van der Waals surface area contributed by atoms with Crippen molar-refractivity contribution in [3.63, 3.8) is 0 Å². The molecule has 0 amide bonds. The van der Waals surface area contributed by atoms with Crippen molar-refractivity contribution >= 4 is 11.6 Å². The van der Waals surface area contributed by atoms with E-state index in [1.54, 1.807) is 0 Å². The fraction of sp³-hybridized carbons (Fsp3) is 0.625. The molecule has 1 fully saturated rings. The van der Waals surface area contributed by atoms with Crippen LogP contribution in [0.15, 0.2) is 18.2 Å². The molecule has 0 aromatic heterocycles. The van der Waals surface area contributed by atoms with Gasteiger partial charge in [0.15, 0.2) is 0 Å². The van der Waals surface area contributed by atoms with E-state index in [-0.39, 0.29) is 6.04 Å². The van der Waals surface area contributed by atoms with Crippen LogP contribution in [0.25, 0.3) is 0 Å². The van der Waals surface area contributed by atoms with E-state index in [0.29, 0.717) is 5.92 Å². The Morgan fingerprint density at radius 3 is 2.78 bits per heavy atom.